The molecule has 1 aromatic heterocycles. The number of carbonyl (C=O) groups is 1. The van der Waals surface area contributed by atoms with Crippen molar-refractivity contribution in [1.29, 1.82) is 0 Å². The fourth-order valence-corrected chi connectivity index (χ4v) is 4.60. The molecule has 1 amide bonds. The molecule has 3 aromatic rings. The molecule has 0 saturated carbocycles. The third-order valence-electron chi connectivity index (χ3n) is 4.98. The Hall–Kier alpha value is -2.27. The average Bonchev–Trinajstić information content (AvgIpc) is 3.26. The number of aryl methyl sites for hydroxylation is 1. The molecule has 2 heterocycles. The summed E-state index contributed by atoms with van der Waals surface area (Å²) in [6.07, 6.45) is 1.59. The maximum atomic E-state index is 12.6. The minimum Gasteiger partial charge on any atom is -0.341 e. The third-order valence-corrected chi connectivity index (χ3v) is 6.00. The van der Waals surface area contributed by atoms with Crippen molar-refractivity contribution in [3.63, 3.8) is 0 Å². The second-order valence-corrected chi connectivity index (χ2v) is 7.88. The van der Waals surface area contributed by atoms with E-state index in [-0.39, 0.29) is 5.91 Å². The van der Waals surface area contributed by atoms with Crippen molar-refractivity contribution in [2.45, 2.75) is 30.7 Å². The van der Waals surface area contributed by atoms with Gasteiger partial charge in [0.15, 0.2) is 0 Å². The van der Waals surface area contributed by atoms with Crippen LogP contribution >= 0.6 is 11.8 Å². The van der Waals surface area contributed by atoms with Crippen molar-refractivity contribution in [2.24, 2.45) is 0 Å². The number of hydrogen-bond acceptors (Lipinski definition) is 3. The summed E-state index contributed by atoms with van der Waals surface area (Å²) < 4.78 is 2.31. The molecule has 26 heavy (non-hydrogen) atoms. The van der Waals surface area contributed by atoms with Crippen LogP contribution in [0, 0.1) is 6.92 Å². The number of benzene rings is 2. The van der Waals surface area contributed by atoms with Crippen LogP contribution in [0.1, 0.15) is 24.7 Å². The van der Waals surface area contributed by atoms with E-state index < -0.39 is 0 Å². The van der Waals surface area contributed by atoms with E-state index in [1.807, 2.05) is 29.2 Å². The van der Waals surface area contributed by atoms with Gasteiger partial charge in [-0.05, 0) is 37.6 Å². The van der Waals surface area contributed by atoms with Crippen molar-refractivity contribution in [2.75, 3.05) is 18.8 Å². The van der Waals surface area contributed by atoms with Gasteiger partial charge < -0.3 is 9.47 Å². The highest BCUT2D eigenvalue weighted by molar-refractivity contribution is 7.99. The van der Waals surface area contributed by atoms with Gasteiger partial charge in [-0.15, -0.1) is 11.8 Å². The highest BCUT2D eigenvalue weighted by atomic mass is 32.2. The van der Waals surface area contributed by atoms with Crippen molar-refractivity contribution < 1.29 is 4.79 Å². The van der Waals surface area contributed by atoms with Gasteiger partial charge in [-0.3, -0.25) is 4.79 Å². The van der Waals surface area contributed by atoms with E-state index in [0.717, 1.165) is 36.6 Å². The quantitative estimate of drug-likeness (QED) is 0.633. The number of imidazole rings is 1. The van der Waals surface area contributed by atoms with Gasteiger partial charge in [-0.1, -0.05) is 30.3 Å². The number of aromatic nitrogens is 2. The van der Waals surface area contributed by atoms with Crippen LogP contribution in [0.15, 0.2) is 59.5 Å². The molecule has 1 atom stereocenters. The SMILES string of the molecule is Cc1nc2ccccc2n1[C@H]1CCN(C(=O)CCSc2ccccc2)C1. The lowest BCUT2D eigenvalue weighted by molar-refractivity contribution is -0.129. The van der Waals surface area contributed by atoms with Crippen LogP contribution in [0.2, 0.25) is 0 Å². The number of para-hydroxylation sites is 2. The fraction of sp³-hybridized carbons (Fsp3) is 0.333. The second kappa shape index (κ2) is 7.54. The second-order valence-electron chi connectivity index (χ2n) is 6.71. The van der Waals surface area contributed by atoms with E-state index in [2.05, 4.69) is 46.8 Å². The number of fused-ring (bicyclic) bond motifs is 1. The highest BCUT2D eigenvalue weighted by Crippen LogP contribution is 2.28. The topological polar surface area (TPSA) is 38.1 Å². The van der Waals surface area contributed by atoms with E-state index in [0.29, 0.717) is 12.5 Å². The van der Waals surface area contributed by atoms with E-state index in [1.54, 1.807) is 11.8 Å². The maximum Gasteiger partial charge on any atom is 0.223 e. The van der Waals surface area contributed by atoms with Crippen LogP contribution in [-0.2, 0) is 4.79 Å². The predicted octanol–water partition coefficient (Wildman–Crippen LogP) is 4.30. The number of nitrogens with zero attached hydrogens (tertiary/aromatic N) is 3. The number of likely N-dealkylation sites (tertiary alicyclic amines) is 1. The van der Waals surface area contributed by atoms with Crippen LogP contribution in [0.5, 0.6) is 0 Å². The van der Waals surface area contributed by atoms with Gasteiger partial charge in [-0.25, -0.2) is 4.98 Å². The standard InChI is InChI=1S/C21H23N3OS/c1-16-22-19-9-5-6-10-20(19)24(16)17-11-13-23(15-17)21(25)12-14-26-18-7-3-2-4-8-18/h2-10,17H,11-15H2,1H3/t17-/m0/s1. The molecule has 1 aliphatic rings. The molecule has 0 unspecified atom stereocenters. The molecule has 0 aliphatic carbocycles. The normalized spacial score (nSPS) is 17.1. The Balaban J connectivity index is 1.37. The van der Waals surface area contributed by atoms with Gasteiger partial charge in [0.05, 0.1) is 17.1 Å². The summed E-state index contributed by atoms with van der Waals surface area (Å²) in [5, 5.41) is 0. The summed E-state index contributed by atoms with van der Waals surface area (Å²) in [7, 11) is 0. The highest BCUT2D eigenvalue weighted by Gasteiger charge is 2.28. The fourth-order valence-electron chi connectivity index (χ4n) is 3.74. The van der Waals surface area contributed by atoms with E-state index in [1.165, 1.54) is 10.4 Å². The third kappa shape index (κ3) is 3.49. The Morgan fingerprint density at radius 2 is 1.92 bits per heavy atom. The minimum atomic E-state index is 0.262. The summed E-state index contributed by atoms with van der Waals surface area (Å²) >= 11 is 1.75. The molecule has 0 spiro atoms. The molecule has 5 heteroatoms. The first-order valence-electron chi connectivity index (χ1n) is 9.11. The first-order chi connectivity index (χ1) is 12.7. The molecular weight excluding hydrogens is 342 g/mol. The summed E-state index contributed by atoms with van der Waals surface area (Å²) in [6, 6.07) is 18.8. The van der Waals surface area contributed by atoms with E-state index >= 15 is 0 Å². The molecule has 0 radical (unpaired) electrons. The van der Waals surface area contributed by atoms with Crippen molar-refractivity contribution in [3.05, 3.63) is 60.4 Å². The Morgan fingerprint density at radius 1 is 1.15 bits per heavy atom. The van der Waals surface area contributed by atoms with Crippen molar-refractivity contribution >= 4 is 28.7 Å². The van der Waals surface area contributed by atoms with Crippen LogP contribution < -0.4 is 0 Å². The zero-order valence-corrected chi connectivity index (χ0v) is 15.8. The largest absolute Gasteiger partial charge is 0.341 e. The summed E-state index contributed by atoms with van der Waals surface area (Å²) in [4.78, 5) is 20.5. The zero-order valence-electron chi connectivity index (χ0n) is 15.0. The molecule has 1 aliphatic heterocycles. The van der Waals surface area contributed by atoms with Crippen LogP contribution in [0.4, 0.5) is 0 Å². The molecular formula is C21H23N3OS. The van der Waals surface area contributed by atoms with Gasteiger partial charge in [0.1, 0.15) is 5.82 Å². The van der Waals surface area contributed by atoms with Gasteiger partial charge >= 0.3 is 0 Å². The Labute approximate surface area is 158 Å². The van der Waals surface area contributed by atoms with Crippen molar-refractivity contribution in [3.8, 4) is 0 Å². The van der Waals surface area contributed by atoms with Gasteiger partial charge in [0, 0.05) is 30.2 Å². The minimum absolute atomic E-state index is 0.262. The number of amides is 1. The zero-order chi connectivity index (χ0) is 17.9. The Kier molecular flexibility index (Phi) is 4.98. The van der Waals surface area contributed by atoms with E-state index in [4.69, 9.17) is 0 Å². The van der Waals surface area contributed by atoms with Gasteiger partial charge in [-0.2, -0.15) is 0 Å². The molecule has 1 fully saturated rings. The molecule has 0 bridgehead atoms. The molecule has 2 aromatic carbocycles. The van der Waals surface area contributed by atoms with Crippen molar-refractivity contribution in [1.82, 2.24) is 14.5 Å². The molecule has 4 rings (SSSR count). The first-order valence-corrected chi connectivity index (χ1v) is 10.1. The van der Waals surface area contributed by atoms with Crippen LogP contribution in [0.3, 0.4) is 0 Å². The molecule has 1 saturated heterocycles. The summed E-state index contributed by atoms with van der Waals surface area (Å²) in [5.74, 6) is 2.12. The number of carbonyl (C=O) groups excluding carboxylic acids is 1. The lowest BCUT2D eigenvalue weighted by Crippen LogP contribution is -2.29. The first kappa shape index (κ1) is 17.2. The number of rotatable bonds is 5. The summed E-state index contributed by atoms with van der Waals surface area (Å²) in [6.45, 7) is 3.68. The Bertz CT molecular complexity index is 906. The predicted molar refractivity (Wildman–Crippen MR) is 106 cm³/mol. The van der Waals surface area contributed by atoms with Crippen LogP contribution in [-0.4, -0.2) is 39.2 Å². The van der Waals surface area contributed by atoms with Gasteiger partial charge in [0.2, 0.25) is 5.91 Å². The van der Waals surface area contributed by atoms with Gasteiger partial charge in [0.25, 0.3) is 0 Å². The van der Waals surface area contributed by atoms with Crippen LogP contribution in [0.25, 0.3) is 11.0 Å². The smallest absolute Gasteiger partial charge is 0.223 e. The lowest BCUT2D eigenvalue weighted by Gasteiger charge is -2.18. The maximum absolute atomic E-state index is 12.6. The molecule has 0 N–H and O–H groups in total. The lowest BCUT2D eigenvalue weighted by atomic mass is 10.2. The van der Waals surface area contributed by atoms with E-state index in [9.17, 15) is 4.79 Å². The Morgan fingerprint density at radius 3 is 2.77 bits per heavy atom. The average molecular weight is 366 g/mol. The summed E-state index contributed by atoms with van der Waals surface area (Å²) in [5.41, 5.74) is 2.21. The number of hydrogen-bond donors (Lipinski definition) is 0. The monoisotopic (exact) mass is 365 g/mol. The number of thioether (sulfide) groups is 1. The molecule has 4 nitrogen and oxygen atoms in total. The molecule has 134 valence electrons.